The van der Waals surface area contributed by atoms with Crippen LogP contribution in [-0.2, 0) is 7.05 Å². The maximum Gasteiger partial charge on any atom is 0.256 e. The predicted octanol–water partition coefficient (Wildman–Crippen LogP) is 3.99. The summed E-state index contributed by atoms with van der Waals surface area (Å²) in [6.07, 6.45) is 5.76. The van der Waals surface area contributed by atoms with Crippen LogP contribution in [0.1, 0.15) is 5.56 Å². The number of aryl methyl sites for hydroxylation is 1. The van der Waals surface area contributed by atoms with Gasteiger partial charge in [0.1, 0.15) is 5.69 Å². The quantitative estimate of drug-likeness (QED) is 0.381. The molecule has 3 aromatic rings. The molecule has 146 valence electrons. The molecule has 1 atom stereocenters. The van der Waals surface area contributed by atoms with Crippen LogP contribution in [0.15, 0.2) is 35.5 Å². The molecule has 28 heavy (non-hydrogen) atoms. The molecule has 1 unspecified atom stereocenters. The molecule has 12 heteroatoms. The summed E-state index contributed by atoms with van der Waals surface area (Å²) in [7, 11) is 4.74. The molecule has 1 aliphatic heterocycles. The van der Waals surface area contributed by atoms with Crippen molar-refractivity contribution in [2.75, 3.05) is 12.4 Å². The Kier molecular flexibility index (Phi) is 5.38. The summed E-state index contributed by atoms with van der Waals surface area (Å²) in [6, 6.07) is 1.81. The molecule has 3 aromatic heterocycles. The minimum atomic E-state index is -0.601. The highest BCUT2D eigenvalue weighted by atomic mass is 127. The number of nitrogens with one attached hydrogen (secondary N) is 2. The van der Waals surface area contributed by atoms with E-state index in [0.717, 1.165) is 10.9 Å². The van der Waals surface area contributed by atoms with Crippen LogP contribution in [0.3, 0.4) is 0 Å². The van der Waals surface area contributed by atoms with Gasteiger partial charge in [0, 0.05) is 60.7 Å². The number of aromatic nitrogens is 4. The number of hydrogen-bond acceptors (Lipinski definition) is 7. The zero-order chi connectivity index (χ0) is 19.8. The minimum absolute atomic E-state index is 0.312. The molecule has 0 amide bonds. The van der Waals surface area contributed by atoms with Crippen LogP contribution >= 0.6 is 41.9 Å². The summed E-state index contributed by atoms with van der Waals surface area (Å²) in [5.41, 5.74) is 2.34. The Morgan fingerprint density at radius 2 is 2.25 bits per heavy atom. The number of methoxy groups -OCH3 is 1. The van der Waals surface area contributed by atoms with Crippen molar-refractivity contribution in [3.63, 3.8) is 0 Å². The lowest BCUT2D eigenvalue weighted by Gasteiger charge is -2.23. The summed E-state index contributed by atoms with van der Waals surface area (Å²) in [5.74, 6) is -0.0477. The van der Waals surface area contributed by atoms with Crippen LogP contribution in [0.4, 0.5) is 10.1 Å². The highest BCUT2D eigenvalue weighted by Crippen LogP contribution is 2.36. The number of pyridine rings is 1. The van der Waals surface area contributed by atoms with Gasteiger partial charge in [0.25, 0.3) is 5.88 Å². The van der Waals surface area contributed by atoms with Gasteiger partial charge in [-0.1, -0.05) is 11.6 Å². The van der Waals surface area contributed by atoms with Crippen LogP contribution < -0.4 is 15.4 Å². The SMILES string of the molecule is COc1nn(C)cc1NC1N=CC(F)=C(c2cn(SI)c3c(Cl)nccc23)N1. The number of fused-ring (bicyclic) bond motifs is 1. The topological polar surface area (TPSA) is 81.3 Å². The monoisotopic (exact) mass is 533 g/mol. The van der Waals surface area contributed by atoms with Gasteiger partial charge < -0.3 is 15.4 Å². The van der Waals surface area contributed by atoms with Gasteiger partial charge in [0.2, 0.25) is 0 Å². The molecule has 0 aliphatic carbocycles. The molecule has 0 spiro atoms. The van der Waals surface area contributed by atoms with E-state index in [9.17, 15) is 4.39 Å². The molecular weight excluding hydrogens is 520 g/mol. The second-order valence-electron chi connectivity index (χ2n) is 5.85. The Morgan fingerprint density at radius 1 is 1.43 bits per heavy atom. The Bertz CT molecular complexity index is 1110. The Labute approximate surface area is 180 Å². The Balaban J connectivity index is 1.70. The molecule has 0 bridgehead atoms. The van der Waals surface area contributed by atoms with E-state index in [2.05, 4.69) is 46.9 Å². The first-order valence-corrected chi connectivity index (χ1v) is 11.7. The van der Waals surface area contributed by atoms with Gasteiger partial charge in [-0.05, 0) is 6.07 Å². The van der Waals surface area contributed by atoms with Crippen LogP contribution in [-0.4, -0.2) is 38.4 Å². The molecule has 8 nitrogen and oxygen atoms in total. The van der Waals surface area contributed by atoms with Gasteiger partial charge in [0.15, 0.2) is 17.3 Å². The fourth-order valence-corrected chi connectivity index (χ4v) is 4.58. The van der Waals surface area contributed by atoms with E-state index >= 15 is 0 Å². The van der Waals surface area contributed by atoms with Crippen LogP contribution in [0.5, 0.6) is 5.88 Å². The third kappa shape index (κ3) is 3.42. The third-order valence-electron chi connectivity index (χ3n) is 4.12. The van der Waals surface area contributed by atoms with Crippen molar-refractivity contribution in [2.45, 2.75) is 6.29 Å². The van der Waals surface area contributed by atoms with Crippen molar-refractivity contribution >= 4 is 70.4 Å². The predicted molar refractivity (Wildman–Crippen MR) is 119 cm³/mol. The lowest BCUT2D eigenvalue weighted by atomic mass is 10.1. The molecule has 4 heterocycles. The fourth-order valence-electron chi connectivity index (χ4n) is 2.95. The van der Waals surface area contributed by atoms with E-state index < -0.39 is 12.1 Å². The highest BCUT2D eigenvalue weighted by Gasteiger charge is 2.24. The van der Waals surface area contributed by atoms with Gasteiger partial charge in [-0.2, -0.15) is 0 Å². The second kappa shape index (κ2) is 7.79. The van der Waals surface area contributed by atoms with Crippen LogP contribution in [0.25, 0.3) is 16.6 Å². The average Bonchev–Trinajstić information content (AvgIpc) is 3.24. The van der Waals surface area contributed by atoms with Gasteiger partial charge >= 0.3 is 0 Å². The minimum Gasteiger partial charge on any atom is -0.478 e. The number of hydrogen-bond donors (Lipinski definition) is 2. The first-order valence-electron chi connectivity index (χ1n) is 8.00. The van der Waals surface area contributed by atoms with E-state index in [1.807, 2.05) is 10.2 Å². The maximum absolute atomic E-state index is 14.7. The van der Waals surface area contributed by atoms with Gasteiger partial charge in [-0.15, -0.1) is 5.10 Å². The molecule has 0 aromatic carbocycles. The molecular formula is C16H14ClFIN7OS. The standard InChI is InChI=1S/C16H14ClFIN7OS/c1-25-7-11(15(24-25)27-2)22-16-21-5-10(18)12(23-16)9-6-26(28-19)13-8(9)3-4-20-14(13)17/h3-7,16,22-23H,1-2H3. The van der Waals surface area contributed by atoms with E-state index in [4.69, 9.17) is 16.3 Å². The maximum atomic E-state index is 14.7. The van der Waals surface area contributed by atoms with Crippen molar-refractivity contribution in [1.82, 2.24) is 24.1 Å². The Hall–Kier alpha value is -1.99. The van der Waals surface area contributed by atoms with Crippen LogP contribution in [0.2, 0.25) is 5.15 Å². The average molecular weight is 534 g/mol. The number of rotatable bonds is 5. The Morgan fingerprint density at radius 3 is 3.00 bits per heavy atom. The largest absolute Gasteiger partial charge is 0.478 e. The first kappa shape index (κ1) is 19.3. The van der Waals surface area contributed by atoms with Crippen LogP contribution in [0, 0.1) is 0 Å². The first-order chi connectivity index (χ1) is 13.5. The summed E-state index contributed by atoms with van der Waals surface area (Å²) < 4.78 is 23.4. The van der Waals surface area contributed by atoms with Gasteiger partial charge in [-0.3, -0.25) is 8.65 Å². The lowest BCUT2D eigenvalue weighted by molar-refractivity contribution is 0.392. The fraction of sp³-hybridized carbons (Fsp3) is 0.188. The zero-order valence-corrected chi connectivity index (χ0v) is 18.4. The molecule has 0 saturated heterocycles. The highest BCUT2D eigenvalue weighted by molar-refractivity contribution is 14.2. The number of allylic oxidation sites excluding steroid dienone is 1. The summed E-state index contributed by atoms with van der Waals surface area (Å²) in [5, 5.41) is 11.6. The van der Waals surface area contributed by atoms with E-state index in [-0.39, 0.29) is 0 Å². The number of aliphatic imine (C=N–C) groups is 1. The van der Waals surface area contributed by atoms with Gasteiger partial charge in [0.05, 0.1) is 30.7 Å². The van der Waals surface area contributed by atoms with E-state index in [1.54, 1.807) is 30.2 Å². The number of ether oxygens (including phenoxy) is 1. The molecule has 2 N–H and O–H groups in total. The normalized spacial score (nSPS) is 16.5. The van der Waals surface area contributed by atoms with Crippen molar-refractivity contribution in [3.8, 4) is 5.88 Å². The zero-order valence-electron chi connectivity index (χ0n) is 14.7. The van der Waals surface area contributed by atoms with E-state index in [1.165, 1.54) is 22.4 Å². The molecule has 0 radical (unpaired) electrons. The number of nitrogens with zero attached hydrogens (tertiary/aromatic N) is 5. The second-order valence-corrected chi connectivity index (χ2v) is 7.92. The smallest absolute Gasteiger partial charge is 0.256 e. The summed E-state index contributed by atoms with van der Waals surface area (Å²) in [6.45, 7) is 0. The van der Waals surface area contributed by atoms with Gasteiger partial charge in [-0.25, -0.2) is 14.4 Å². The van der Waals surface area contributed by atoms with Crippen molar-refractivity contribution in [3.05, 3.63) is 41.2 Å². The third-order valence-corrected chi connectivity index (χ3v) is 6.10. The molecule has 4 rings (SSSR count). The number of halogens is 3. The lowest BCUT2D eigenvalue weighted by Crippen LogP contribution is -2.36. The molecule has 1 aliphatic rings. The van der Waals surface area contributed by atoms with E-state index in [0.29, 0.717) is 28.0 Å². The van der Waals surface area contributed by atoms with Crippen molar-refractivity contribution < 1.29 is 9.13 Å². The van der Waals surface area contributed by atoms with Crippen molar-refractivity contribution in [2.24, 2.45) is 12.0 Å². The van der Waals surface area contributed by atoms with Crippen molar-refractivity contribution in [1.29, 1.82) is 0 Å². The number of anilines is 1. The summed E-state index contributed by atoms with van der Waals surface area (Å²) in [4.78, 5) is 8.29. The summed E-state index contributed by atoms with van der Waals surface area (Å²) >= 11 is 8.40. The molecule has 0 fully saturated rings. The molecule has 0 saturated carbocycles.